The van der Waals surface area contributed by atoms with Gasteiger partial charge in [-0.2, -0.15) is 4.39 Å². The molecule has 29 heavy (non-hydrogen) atoms. The van der Waals surface area contributed by atoms with E-state index in [0.29, 0.717) is 35.5 Å². The Morgan fingerprint density at radius 2 is 2.10 bits per heavy atom. The highest BCUT2D eigenvalue weighted by molar-refractivity contribution is 5.97. The van der Waals surface area contributed by atoms with Crippen molar-refractivity contribution in [2.45, 2.75) is 52.4 Å². The molecule has 1 saturated heterocycles. The topological polar surface area (TPSA) is 84.5 Å². The molecule has 1 aliphatic heterocycles. The number of hydrogen-bond acceptors (Lipinski definition) is 5. The summed E-state index contributed by atoms with van der Waals surface area (Å²) in [6, 6.07) is 1.72. The zero-order valence-corrected chi connectivity index (χ0v) is 17.1. The first kappa shape index (κ1) is 21.2. The Balaban J connectivity index is 1.97. The number of ether oxygens (including phenoxy) is 2. The number of Topliss-reactive ketones (excluding diaryl/α,β-unsaturated/α-hetero) is 1. The summed E-state index contributed by atoms with van der Waals surface area (Å²) in [5.74, 6) is -1.52. The number of rotatable bonds is 7. The third-order valence-corrected chi connectivity index (χ3v) is 5.30. The standard InChI is InChI=1S/C20H26FN3O5/c1-12-8-15(14(3)24(12)13(2)11-28-4)17(25)10-23-19(26)16(21)9-22(20(23)27)18-6-5-7-29-18/h8-9,13,18H,5-7,10-11H2,1-4H3/t13-,18-/m0/s1. The van der Waals surface area contributed by atoms with E-state index in [2.05, 4.69) is 0 Å². The molecule has 2 aromatic rings. The van der Waals surface area contributed by atoms with Crippen molar-refractivity contribution in [3.63, 3.8) is 0 Å². The lowest BCUT2D eigenvalue weighted by Crippen LogP contribution is -2.43. The zero-order valence-electron chi connectivity index (χ0n) is 17.1. The maximum atomic E-state index is 14.2. The lowest BCUT2D eigenvalue weighted by atomic mass is 10.1. The van der Waals surface area contributed by atoms with E-state index in [-0.39, 0.29) is 6.04 Å². The van der Waals surface area contributed by atoms with Crippen LogP contribution >= 0.6 is 0 Å². The van der Waals surface area contributed by atoms with Crippen LogP contribution in [0.15, 0.2) is 21.9 Å². The number of hydrogen-bond donors (Lipinski definition) is 0. The number of halogens is 1. The Morgan fingerprint density at radius 1 is 1.38 bits per heavy atom. The van der Waals surface area contributed by atoms with Gasteiger partial charge in [0.15, 0.2) is 5.78 Å². The largest absolute Gasteiger partial charge is 0.383 e. The van der Waals surface area contributed by atoms with Crippen molar-refractivity contribution in [2.24, 2.45) is 0 Å². The summed E-state index contributed by atoms with van der Waals surface area (Å²) in [6.07, 6.45) is 1.52. The third kappa shape index (κ3) is 3.97. The molecule has 0 aliphatic carbocycles. The highest BCUT2D eigenvalue weighted by Gasteiger charge is 2.24. The molecule has 3 heterocycles. The van der Waals surface area contributed by atoms with Crippen molar-refractivity contribution in [3.8, 4) is 0 Å². The number of ketones is 1. The summed E-state index contributed by atoms with van der Waals surface area (Å²) in [5.41, 5.74) is 0.0988. The lowest BCUT2D eigenvalue weighted by molar-refractivity contribution is 0.0501. The van der Waals surface area contributed by atoms with Crippen LogP contribution in [0.3, 0.4) is 0 Å². The monoisotopic (exact) mass is 407 g/mol. The van der Waals surface area contributed by atoms with Crippen molar-refractivity contribution in [1.82, 2.24) is 13.7 Å². The maximum absolute atomic E-state index is 14.2. The van der Waals surface area contributed by atoms with E-state index in [0.717, 1.165) is 22.9 Å². The molecule has 2 atom stereocenters. The summed E-state index contributed by atoms with van der Waals surface area (Å²) in [4.78, 5) is 37.9. The highest BCUT2D eigenvalue weighted by Crippen LogP contribution is 2.22. The molecule has 158 valence electrons. The maximum Gasteiger partial charge on any atom is 0.333 e. The summed E-state index contributed by atoms with van der Waals surface area (Å²) >= 11 is 0. The molecule has 0 aromatic carbocycles. The molecule has 3 rings (SSSR count). The summed E-state index contributed by atoms with van der Waals surface area (Å²) in [6.45, 7) is 6.03. The first-order valence-corrected chi connectivity index (χ1v) is 9.59. The smallest absolute Gasteiger partial charge is 0.333 e. The quantitative estimate of drug-likeness (QED) is 0.655. The van der Waals surface area contributed by atoms with E-state index in [1.54, 1.807) is 20.1 Å². The number of carbonyl (C=O) groups excluding carboxylic acids is 1. The van der Waals surface area contributed by atoms with Gasteiger partial charge in [-0.3, -0.25) is 14.2 Å². The van der Waals surface area contributed by atoms with E-state index < -0.39 is 35.6 Å². The number of carbonyl (C=O) groups is 1. The van der Waals surface area contributed by atoms with Crippen LogP contribution < -0.4 is 11.2 Å². The number of nitrogens with zero attached hydrogens (tertiary/aromatic N) is 3. The Morgan fingerprint density at radius 3 is 2.72 bits per heavy atom. The second kappa shape index (κ2) is 8.46. The molecule has 0 bridgehead atoms. The van der Waals surface area contributed by atoms with Crippen molar-refractivity contribution in [1.29, 1.82) is 0 Å². The number of aryl methyl sites for hydroxylation is 1. The highest BCUT2D eigenvalue weighted by atomic mass is 19.1. The predicted molar refractivity (Wildman–Crippen MR) is 104 cm³/mol. The fraction of sp³-hybridized carbons (Fsp3) is 0.550. The van der Waals surface area contributed by atoms with Gasteiger partial charge in [0.2, 0.25) is 5.82 Å². The van der Waals surface area contributed by atoms with Gasteiger partial charge in [-0.15, -0.1) is 0 Å². The number of methoxy groups -OCH3 is 1. The van der Waals surface area contributed by atoms with E-state index in [1.165, 1.54) is 0 Å². The molecule has 0 saturated carbocycles. The second-order valence-corrected chi connectivity index (χ2v) is 7.41. The van der Waals surface area contributed by atoms with Gasteiger partial charge in [0, 0.05) is 30.7 Å². The molecule has 2 aromatic heterocycles. The Hall–Kier alpha value is -2.52. The predicted octanol–water partition coefficient (Wildman–Crippen LogP) is 1.97. The molecule has 8 nitrogen and oxygen atoms in total. The van der Waals surface area contributed by atoms with Gasteiger partial charge in [-0.05, 0) is 39.7 Å². The van der Waals surface area contributed by atoms with Gasteiger partial charge in [0.1, 0.15) is 6.23 Å². The van der Waals surface area contributed by atoms with Gasteiger partial charge in [0.05, 0.1) is 25.4 Å². The lowest BCUT2D eigenvalue weighted by Gasteiger charge is -2.18. The van der Waals surface area contributed by atoms with Crippen molar-refractivity contribution in [3.05, 3.63) is 55.9 Å². The van der Waals surface area contributed by atoms with Crippen LogP contribution in [0.2, 0.25) is 0 Å². The van der Waals surface area contributed by atoms with Crippen LogP contribution in [0.1, 0.15) is 53.8 Å². The van der Waals surface area contributed by atoms with Crippen LogP contribution in [-0.4, -0.2) is 39.8 Å². The zero-order chi connectivity index (χ0) is 21.3. The van der Waals surface area contributed by atoms with Gasteiger partial charge < -0.3 is 14.0 Å². The van der Waals surface area contributed by atoms with E-state index >= 15 is 0 Å². The van der Waals surface area contributed by atoms with Gasteiger partial charge in [-0.25, -0.2) is 9.36 Å². The summed E-state index contributed by atoms with van der Waals surface area (Å²) in [7, 11) is 1.60. The molecule has 0 spiro atoms. The average molecular weight is 407 g/mol. The first-order valence-electron chi connectivity index (χ1n) is 9.59. The van der Waals surface area contributed by atoms with E-state index in [1.807, 2.05) is 18.4 Å². The van der Waals surface area contributed by atoms with Crippen molar-refractivity contribution >= 4 is 5.78 Å². The molecule has 0 amide bonds. The Bertz CT molecular complexity index is 1030. The molecular weight excluding hydrogens is 381 g/mol. The molecule has 0 radical (unpaired) electrons. The molecule has 9 heteroatoms. The first-order chi connectivity index (χ1) is 13.8. The average Bonchev–Trinajstić information content (AvgIpc) is 3.30. The van der Waals surface area contributed by atoms with Crippen LogP contribution in [-0.2, 0) is 16.0 Å². The van der Waals surface area contributed by atoms with Gasteiger partial charge in [0.25, 0.3) is 5.56 Å². The molecule has 1 fully saturated rings. The van der Waals surface area contributed by atoms with Gasteiger partial charge in [-0.1, -0.05) is 0 Å². The summed E-state index contributed by atoms with van der Waals surface area (Å²) in [5, 5.41) is 0. The van der Waals surface area contributed by atoms with Crippen LogP contribution in [0.25, 0.3) is 0 Å². The minimum atomic E-state index is -1.11. The fourth-order valence-electron chi connectivity index (χ4n) is 4.00. The Labute approximate surface area is 167 Å². The minimum Gasteiger partial charge on any atom is -0.383 e. The SMILES string of the molecule is COC[C@H](C)n1c(C)cc(C(=O)Cn2c(=O)c(F)cn([C@@H]3CCCO3)c2=O)c1C. The van der Waals surface area contributed by atoms with Crippen molar-refractivity contribution in [2.75, 3.05) is 20.3 Å². The minimum absolute atomic E-state index is 0.00943. The van der Waals surface area contributed by atoms with Crippen LogP contribution in [0.4, 0.5) is 4.39 Å². The van der Waals surface area contributed by atoms with Crippen molar-refractivity contribution < 1.29 is 18.7 Å². The molecular formula is C20H26FN3O5. The van der Waals surface area contributed by atoms with Crippen LogP contribution in [0, 0.1) is 19.7 Å². The molecule has 0 unspecified atom stereocenters. The molecule has 1 aliphatic rings. The van der Waals surface area contributed by atoms with Gasteiger partial charge >= 0.3 is 5.69 Å². The molecule has 0 N–H and O–H groups in total. The third-order valence-electron chi connectivity index (χ3n) is 5.30. The van der Waals surface area contributed by atoms with Crippen LogP contribution in [0.5, 0.6) is 0 Å². The second-order valence-electron chi connectivity index (χ2n) is 7.41. The van der Waals surface area contributed by atoms with E-state index in [4.69, 9.17) is 9.47 Å². The van der Waals surface area contributed by atoms with E-state index in [9.17, 15) is 18.8 Å². The number of aromatic nitrogens is 3. The Kier molecular flexibility index (Phi) is 6.18. The summed E-state index contributed by atoms with van der Waals surface area (Å²) < 4.78 is 28.5. The fourth-order valence-corrected chi connectivity index (χ4v) is 4.00. The normalized spacial score (nSPS) is 17.6.